The number of hydrogen-bond acceptors (Lipinski definition) is 2. The van der Waals surface area contributed by atoms with Crippen LogP contribution in [0.3, 0.4) is 0 Å². The predicted molar refractivity (Wildman–Crippen MR) is 56.8 cm³/mol. The molecule has 0 aromatic carbocycles. The van der Waals surface area contributed by atoms with Crippen LogP contribution in [0.25, 0.3) is 0 Å². The molecule has 0 saturated heterocycles. The maximum absolute atomic E-state index is 10.4. The smallest absolute Gasteiger partial charge is 0.122 e. The minimum absolute atomic E-state index is 0.235. The average molecular weight is 185 g/mol. The van der Waals surface area contributed by atoms with Gasteiger partial charge in [-0.05, 0) is 25.8 Å². The quantitative estimate of drug-likeness (QED) is 0.588. The van der Waals surface area contributed by atoms with Crippen LogP contribution in [0.15, 0.2) is 0 Å². The fourth-order valence-electron chi connectivity index (χ4n) is 1.49. The van der Waals surface area contributed by atoms with Gasteiger partial charge in [0.1, 0.15) is 6.29 Å². The molecule has 0 aliphatic heterocycles. The third-order valence-electron chi connectivity index (χ3n) is 2.43. The van der Waals surface area contributed by atoms with Crippen LogP contribution in [0.4, 0.5) is 0 Å². The fourth-order valence-corrected chi connectivity index (χ4v) is 1.49. The van der Waals surface area contributed by atoms with Gasteiger partial charge in [0.2, 0.25) is 0 Å². The van der Waals surface area contributed by atoms with Gasteiger partial charge >= 0.3 is 0 Å². The first kappa shape index (κ1) is 12.6. The van der Waals surface area contributed by atoms with Crippen LogP contribution in [-0.2, 0) is 4.79 Å². The summed E-state index contributed by atoms with van der Waals surface area (Å²) in [6, 6.07) is 0.642. The SMILES string of the molecule is CCNC(CC)CCCC(C)C=O. The highest BCUT2D eigenvalue weighted by atomic mass is 16.1. The van der Waals surface area contributed by atoms with E-state index in [0.717, 1.165) is 25.7 Å². The summed E-state index contributed by atoms with van der Waals surface area (Å²) >= 11 is 0. The molecular weight excluding hydrogens is 162 g/mol. The molecule has 0 radical (unpaired) electrons. The highest BCUT2D eigenvalue weighted by Gasteiger charge is 2.05. The first-order chi connectivity index (χ1) is 6.24. The first-order valence-corrected chi connectivity index (χ1v) is 5.43. The predicted octanol–water partition coefficient (Wildman–Crippen LogP) is 2.38. The Kier molecular flexibility index (Phi) is 8.00. The Morgan fingerprint density at radius 2 is 2.00 bits per heavy atom. The summed E-state index contributed by atoms with van der Waals surface area (Å²) in [4.78, 5) is 10.4. The van der Waals surface area contributed by atoms with Crippen molar-refractivity contribution in [2.24, 2.45) is 5.92 Å². The van der Waals surface area contributed by atoms with Gasteiger partial charge in [0.25, 0.3) is 0 Å². The third-order valence-corrected chi connectivity index (χ3v) is 2.43. The number of carbonyl (C=O) groups excluding carboxylic acids is 1. The van der Waals surface area contributed by atoms with E-state index in [0.29, 0.717) is 6.04 Å². The second-order valence-corrected chi connectivity index (χ2v) is 3.71. The Bertz CT molecular complexity index is 125. The van der Waals surface area contributed by atoms with Crippen molar-refractivity contribution in [3.63, 3.8) is 0 Å². The highest BCUT2D eigenvalue weighted by molar-refractivity contribution is 5.52. The van der Waals surface area contributed by atoms with Crippen LogP contribution >= 0.6 is 0 Å². The highest BCUT2D eigenvalue weighted by Crippen LogP contribution is 2.09. The average Bonchev–Trinajstić information content (AvgIpc) is 2.16. The molecule has 13 heavy (non-hydrogen) atoms. The number of nitrogens with one attached hydrogen (secondary N) is 1. The molecule has 2 atom stereocenters. The molecule has 2 unspecified atom stereocenters. The lowest BCUT2D eigenvalue weighted by molar-refractivity contribution is -0.110. The lowest BCUT2D eigenvalue weighted by atomic mass is 10.0. The van der Waals surface area contributed by atoms with Crippen molar-refractivity contribution < 1.29 is 4.79 Å². The van der Waals surface area contributed by atoms with Gasteiger partial charge in [0, 0.05) is 12.0 Å². The van der Waals surface area contributed by atoms with Crippen LogP contribution in [0.5, 0.6) is 0 Å². The van der Waals surface area contributed by atoms with Gasteiger partial charge in [0.15, 0.2) is 0 Å². The molecule has 1 N–H and O–H groups in total. The van der Waals surface area contributed by atoms with Crippen molar-refractivity contribution in [3.05, 3.63) is 0 Å². The minimum Gasteiger partial charge on any atom is -0.314 e. The molecule has 0 aromatic heterocycles. The second-order valence-electron chi connectivity index (χ2n) is 3.71. The van der Waals surface area contributed by atoms with Gasteiger partial charge in [-0.25, -0.2) is 0 Å². The van der Waals surface area contributed by atoms with Crippen molar-refractivity contribution in [2.45, 2.75) is 52.5 Å². The zero-order valence-corrected chi connectivity index (χ0v) is 9.18. The summed E-state index contributed by atoms with van der Waals surface area (Å²) in [5.41, 5.74) is 0. The van der Waals surface area contributed by atoms with E-state index in [2.05, 4.69) is 19.2 Å². The molecule has 0 aliphatic rings. The Morgan fingerprint density at radius 3 is 2.46 bits per heavy atom. The Hall–Kier alpha value is -0.370. The molecule has 78 valence electrons. The van der Waals surface area contributed by atoms with Crippen LogP contribution in [0.2, 0.25) is 0 Å². The van der Waals surface area contributed by atoms with Crippen molar-refractivity contribution in [1.82, 2.24) is 5.32 Å². The second kappa shape index (κ2) is 8.24. The van der Waals surface area contributed by atoms with E-state index in [4.69, 9.17) is 0 Å². The summed E-state index contributed by atoms with van der Waals surface area (Å²) in [7, 11) is 0. The first-order valence-electron chi connectivity index (χ1n) is 5.43. The van der Waals surface area contributed by atoms with E-state index in [1.54, 1.807) is 0 Å². The van der Waals surface area contributed by atoms with Crippen molar-refractivity contribution in [3.8, 4) is 0 Å². The number of aldehydes is 1. The summed E-state index contributed by atoms with van der Waals surface area (Å²) in [6.07, 6.45) is 5.62. The van der Waals surface area contributed by atoms with Gasteiger partial charge in [0.05, 0.1) is 0 Å². The molecule has 2 nitrogen and oxygen atoms in total. The van der Waals surface area contributed by atoms with Gasteiger partial charge < -0.3 is 10.1 Å². The lowest BCUT2D eigenvalue weighted by Gasteiger charge is -2.15. The largest absolute Gasteiger partial charge is 0.314 e. The van der Waals surface area contributed by atoms with Crippen molar-refractivity contribution >= 4 is 6.29 Å². The molecule has 0 aliphatic carbocycles. The Morgan fingerprint density at radius 1 is 1.31 bits per heavy atom. The summed E-state index contributed by atoms with van der Waals surface area (Å²) in [6.45, 7) is 7.37. The van der Waals surface area contributed by atoms with Crippen LogP contribution < -0.4 is 5.32 Å². The minimum atomic E-state index is 0.235. The van der Waals surface area contributed by atoms with E-state index in [1.165, 1.54) is 12.8 Å². The molecule has 0 heterocycles. The zero-order valence-electron chi connectivity index (χ0n) is 9.18. The maximum Gasteiger partial charge on any atom is 0.122 e. The Labute approximate surface area is 82.1 Å². The van der Waals surface area contributed by atoms with E-state index in [9.17, 15) is 4.79 Å². The molecular formula is C11H23NO. The molecule has 0 saturated carbocycles. The molecule has 0 aromatic rings. The van der Waals surface area contributed by atoms with Crippen molar-refractivity contribution in [1.29, 1.82) is 0 Å². The standard InChI is InChI=1S/C11H23NO/c1-4-11(12-5-2)8-6-7-10(3)9-13/h9-12H,4-8H2,1-3H3. The summed E-state index contributed by atoms with van der Waals surface area (Å²) < 4.78 is 0. The maximum atomic E-state index is 10.4. The van der Waals surface area contributed by atoms with Crippen LogP contribution in [0, 0.1) is 5.92 Å². The fraction of sp³-hybridized carbons (Fsp3) is 0.909. The normalized spacial score (nSPS) is 15.3. The van der Waals surface area contributed by atoms with Crippen LogP contribution in [-0.4, -0.2) is 18.9 Å². The van der Waals surface area contributed by atoms with E-state index >= 15 is 0 Å². The molecule has 0 spiro atoms. The third kappa shape index (κ3) is 6.76. The molecule has 2 heteroatoms. The molecule has 0 amide bonds. The van der Waals surface area contributed by atoms with Crippen LogP contribution in [0.1, 0.15) is 46.5 Å². The molecule has 0 fully saturated rings. The number of rotatable bonds is 8. The Balaban J connectivity index is 3.42. The number of hydrogen-bond donors (Lipinski definition) is 1. The molecule has 0 rings (SSSR count). The van der Waals surface area contributed by atoms with E-state index in [1.807, 2.05) is 6.92 Å². The zero-order chi connectivity index (χ0) is 10.1. The topological polar surface area (TPSA) is 29.1 Å². The number of carbonyl (C=O) groups is 1. The van der Waals surface area contributed by atoms with Gasteiger partial charge in [-0.1, -0.05) is 27.2 Å². The monoisotopic (exact) mass is 185 g/mol. The van der Waals surface area contributed by atoms with E-state index < -0.39 is 0 Å². The lowest BCUT2D eigenvalue weighted by Crippen LogP contribution is -2.28. The summed E-state index contributed by atoms with van der Waals surface area (Å²) in [5.74, 6) is 0.235. The van der Waals surface area contributed by atoms with Gasteiger partial charge in [-0.3, -0.25) is 0 Å². The molecule has 0 bridgehead atoms. The van der Waals surface area contributed by atoms with Gasteiger partial charge in [-0.15, -0.1) is 0 Å². The summed E-state index contributed by atoms with van der Waals surface area (Å²) in [5, 5.41) is 3.44. The van der Waals surface area contributed by atoms with Crippen molar-refractivity contribution in [2.75, 3.05) is 6.54 Å². The van der Waals surface area contributed by atoms with E-state index in [-0.39, 0.29) is 5.92 Å². The van der Waals surface area contributed by atoms with Gasteiger partial charge in [-0.2, -0.15) is 0 Å².